The molecule has 27 heavy (non-hydrogen) atoms. The second-order valence-electron chi connectivity index (χ2n) is 5.50. The smallest absolute Gasteiger partial charge is 0.346 e. The monoisotopic (exact) mass is 434 g/mol. The summed E-state index contributed by atoms with van der Waals surface area (Å²) >= 11 is 3.37. The maximum absolute atomic E-state index is 14.6. The molecule has 0 heterocycles. The van der Waals surface area contributed by atoms with Crippen LogP contribution in [0.4, 0.5) is 4.39 Å². The molecule has 0 aliphatic rings. The maximum atomic E-state index is 14.6. The summed E-state index contributed by atoms with van der Waals surface area (Å²) in [4.78, 5) is 25.1. The SMILES string of the molecule is CCOC(=O)C(C(=O)OCC)=C(c1ccc(CBr)cc1)c1ccccc1F. The summed E-state index contributed by atoms with van der Waals surface area (Å²) < 4.78 is 24.7. The third-order valence-corrected chi connectivity index (χ3v) is 4.40. The van der Waals surface area contributed by atoms with Crippen LogP contribution in [0.3, 0.4) is 0 Å². The van der Waals surface area contributed by atoms with Gasteiger partial charge in [0.15, 0.2) is 5.57 Å². The topological polar surface area (TPSA) is 52.6 Å². The first kappa shape index (κ1) is 20.8. The van der Waals surface area contributed by atoms with Crippen LogP contribution < -0.4 is 0 Å². The molecule has 0 aliphatic carbocycles. The highest BCUT2D eigenvalue weighted by molar-refractivity contribution is 9.08. The zero-order valence-electron chi connectivity index (χ0n) is 15.1. The first-order valence-corrected chi connectivity index (χ1v) is 9.64. The van der Waals surface area contributed by atoms with E-state index in [1.54, 1.807) is 38.1 Å². The minimum Gasteiger partial charge on any atom is -0.462 e. The van der Waals surface area contributed by atoms with E-state index in [1.165, 1.54) is 12.1 Å². The molecule has 0 radical (unpaired) electrons. The molecule has 0 N–H and O–H groups in total. The zero-order chi connectivity index (χ0) is 19.8. The Labute approximate surface area is 166 Å². The van der Waals surface area contributed by atoms with Gasteiger partial charge in [-0.3, -0.25) is 0 Å². The van der Waals surface area contributed by atoms with Gasteiger partial charge in [-0.1, -0.05) is 58.4 Å². The van der Waals surface area contributed by atoms with Crippen LogP contribution in [0.5, 0.6) is 0 Å². The zero-order valence-corrected chi connectivity index (χ0v) is 16.7. The summed E-state index contributed by atoms with van der Waals surface area (Å²) in [5, 5.41) is 0.647. The van der Waals surface area contributed by atoms with Crippen molar-refractivity contribution in [2.45, 2.75) is 19.2 Å². The number of esters is 2. The predicted octanol–water partition coefficient (Wildman–Crippen LogP) is 4.65. The second-order valence-corrected chi connectivity index (χ2v) is 6.06. The maximum Gasteiger partial charge on any atom is 0.346 e. The van der Waals surface area contributed by atoms with E-state index in [0.29, 0.717) is 10.9 Å². The van der Waals surface area contributed by atoms with E-state index in [0.717, 1.165) is 5.56 Å². The van der Waals surface area contributed by atoms with Crippen molar-refractivity contribution in [1.82, 2.24) is 0 Å². The average molecular weight is 435 g/mol. The Balaban J connectivity index is 2.80. The molecule has 0 aliphatic heterocycles. The molecule has 0 bridgehead atoms. The molecule has 4 nitrogen and oxygen atoms in total. The number of benzene rings is 2. The highest BCUT2D eigenvalue weighted by atomic mass is 79.9. The van der Waals surface area contributed by atoms with Gasteiger partial charge < -0.3 is 9.47 Å². The Morgan fingerprint density at radius 1 is 0.926 bits per heavy atom. The molecular weight excluding hydrogens is 415 g/mol. The van der Waals surface area contributed by atoms with Crippen molar-refractivity contribution >= 4 is 33.4 Å². The van der Waals surface area contributed by atoms with Crippen molar-refractivity contribution in [3.05, 3.63) is 76.6 Å². The molecule has 0 fully saturated rings. The summed E-state index contributed by atoms with van der Waals surface area (Å²) in [7, 11) is 0. The van der Waals surface area contributed by atoms with Gasteiger partial charge >= 0.3 is 11.9 Å². The van der Waals surface area contributed by atoms with Crippen molar-refractivity contribution in [3.63, 3.8) is 0 Å². The van der Waals surface area contributed by atoms with Gasteiger partial charge in [0.05, 0.1) is 13.2 Å². The Morgan fingerprint density at radius 2 is 1.48 bits per heavy atom. The van der Waals surface area contributed by atoms with E-state index in [1.807, 2.05) is 12.1 Å². The number of hydrogen-bond acceptors (Lipinski definition) is 4. The minimum atomic E-state index is -0.848. The molecule has 142 valence electrons. The normalized spacial score (nSPS) is 10.2. The van der Waals surface area contributed by atoms with Crippen molar-refractivity contribution in [1.29, 1.82) is 0 Å². The van der Waals surface area contributed by atoms with Gasteiger partial charge in [-0.25, -0.2) is 14.0 Å². The molecule has 6 heteroatoms. The van der Waals surface area contributed by atoms with Crippen LogP contribution in [0.25, 0.3) is 5.57 Å². The Morgan fingerprint density at radius 3 is 1.96 bits per heavy atom. The lowest BCUT2D eigenvalue weighted by Gasteiger charge is -2.15. The highest BCUT2D eigenvalue weighted by Gasteiger charge is 2.28. The van der Waals surface area contributed by atoms with Gasteiger partial charge in [-0.15, -0.1) is 0 Å². The van der Waals surface area contributed by atoms with E-state index < -0.39 is 17.8 Å². The van der Waals surface area contributed by atoms with Gasteiger partial charge in [-0.2, -0.15) is 0 Å². The fourth-order valence-electron chi connectivity index (χ4n) is 2.55. The predicted molar refractivity (Wildman–Crippen MR) is 105 cm³/mol. The second kappa shape index (κ2) is 10.0. The van der Waals surface area contributed by atoms with Gasteiger partial charge in [-0.05, 0) is 31.0 Å². The standard InChI is InChI=1S/C21H20BrFO4/c1-3-26-20(24)19(21(25)27-4-2)18(16-7-5-6-8-17(16)23)15-11-9-14(13-22)10-12-15/h5-12H,3-4,13H2,1-2H3. The van der Waals surface area contributed by atoms with Gasteiger partial charge in [0, 0.05) is 16.5 Å². The molecule has 0 aromatic heterocycles. The first-order valence-electron chi connectivity index (χ1n) is 8.52. The molecule has 2 rings (SSSR count). The summed E-state index contributed by atoms with van der Waals surface area (Å²) in [6, 6.07) is 13.1. The van der Waals surface area contributed by atoms with Crippen LogP contribution in [0, 0.1) is 5.82 Å². The van der Waals surface area contributed by atoms with E-state index >= 15 is 0 Å². The summed E-state index contributed by atoms with van der Waals surface area (Å²) in [5.74, 6) is -2.25. The fourth-order valence-corrected chi connectivity index (χ4v) is 2.93. The number of carbonyl (C=O) groups is 2. The average Bonchev–Trinajstić information content (AvgIpc) is 2.67. The number of alkyl halides is 1. The number of carbonyl (C=O) groups excluding carboxylic acids is 2. The van der Waals surface area contributed by atoms with Gasteiger partial charge in [0.1, 0.15) is 5.82 Å². The van der Waals surface area contributed by atoms with Crippen LogP contribution in [0.15, 0.2) is 54.1 Å². The van der Waals surface area contributed by atoms with Crippen LogP contribution in [0.2, 0.25) is 0 Å². The van der Waals surface area contributed by atoms with E-state index in [-0.39, 0.29) is 29.9 Å². The highest BCUT2D eigenvalue weighted by Crippen LogP contribution is 2.31. The third-order valence-electron chi connectivity index (χ3n) is 3.75. The van der Waals surface area contributed by atoms with Crippen molar-refractivity contribution in [3.8, 4) is 0 Å². The summed E-state index contributed by atoms with van der Waals surface area (Å²) in [6.45, 7) is 3.42. The molecule has 0 saturated heterocycles. The lowest BCUT2D eigenvalue weighted by atomic mass is 9.92. The lowest BCUT2D eigenvalue weighted by molar-refractivity contribution is -0.146. The molecule has 0 saturated carbocycles. The Hall–Kier alpha value is -2.47. The summed E-state index contributed by atoms with van der Waals surface area (Å²) in [6.07, 6.45) is 0. The molecule has 0 amide bonds. The van der Waals surface area contributed by atoms with Crippen molar-refractivity contribution < 1.29 is 23.5 Å². The number of rotatable bonds is 7. The number of ether oxygens (including phenoxy) is 2. The molecule has 0 unspecified atom stereocenters. The van der Waals surface area contributed by atoms with Crippen LogP contribution >= 0.6 is 15.9 Å². The molecule has 0 spiro atoms. The van der Waals surface area contributed by atoms with E-state index in [2.05, 4.69) is 15.9 Å². The molecular formula is C21H20BrFO4. The largest absolute Gasteiger partial charge is 0.462 e. The first-order chi connectivity index (χ1) is 13.0. The lowest BCUT2D eigenvalue weighted by Crippen LogP contribution is -2.21. The minimum absolute atomic E-state index is 0.0782. The Bertz CT molecular complexity index is 824. The fraction of sp³-hybridized carbons (Fsp3) is 0.238. The quantitative estimate of drug-likeness (QED) is 0.209. The molecule has 2 aromatic rings. The van der Waals surface area contributed by atoms with Crippen LogP contribution in [0.1, 0.15) is 30.5 Å². The van der Waals surface area contributed by atoms with E-state index in [4.69, 9.17) is 9.47 Å². The molecule has 2 aromatic carbocycles. The summed E-state index contributed by atoms with van der Waals surface area (Å²) in [5.41, 5.74) is 1.46. The van der Waals surface area contributed by atoms with E-state index in [9.17, 15) is 14.0 Å². The molecule has 0 atom stereocenters. The number of halogens is 2. The van der Waals surface area contributed by atoms with Crippen molar-refractivity contribution in [2.24, 2.45) is 0 Å². The third kappa shape index (κ3) is 5.04. The van der Waals surface area contributed by atoms with Crippen LogP contribution in [-0.2, 0) is 24.4 Å². The van der Waals surface area contributed by atoms with Gasteiger partial charge in [0.2, 0.25) is 0 Å². The Kier molecular flexibility index (Phi) is 7.73. The van der Waals surface area contributed by atoms with Gasteiger partial charge in [0.25, 0.3) is 0 Å². The van der Waals surface area contributed by atoms with Crippen molar-refractivity contribution in [2.75, 3.05) is 13.2 Å². The number of hydrogen-bond donors (Lipinski definition) is 0. The van der Waals surface area contributed by atoms with Crippen LogP contribution in [-0.4, -0.2) is 25.2 Å².